The Kier molecular flexibility index (Phi) is 5.50. The second-order valence-corrected chi connectivity index (χ2v) is 9.43. The van der Waals surface area contributed by atoms with Gasteiger partial charge in [0.15, 0.2) is 5.65 Å². The van der Waals surface area contributed by atoms with E-state index >= 15 is 0 Å². The van der Waals surface area contributed by atoms with Crippen LogP contribution in [0.5, 0.6) is 0 Å². The van der Waals surface area contributed by atoms with Crippen LogP contribution >= 0.6 is 11.6 Å². The summed E-state index contributed by atoms with van der Waals surface area (Å²) in [5.41, 5.74) is 8.81. The lowest BCUT2D eigenvalue weighted by atomic mass is 9.97. The molecule has 6 heteroatoms. The number of hydrogen-bond acceptors (Lipinski definition) is 4. The number of hydrogen-bond donors (Lipinski definition) is 0. The third kappa shape index (κ3) is 3.91. The fourth-order valence-corrected chi connectivity index (χ4v) is 5.02. The van der Waals surface area contributed by atoms with Crippen LogP contribution in [0.15, 0.2) is 91.5 Å². The molecule has 36 heavy (non-hydrogen) atoms. The Bertz CT molecular complexity index is 1660. The van der Waals surface area contributed by atoms with Crippen molar-refractivity contribution in [2.75, 3.05) is 11.4 Å². The van der Waals surface area contributed by atoms with Crippen LogP contribution in [0.4, 0.5) is 10.1 Å². The molecule has 0 aliphatic carbocycles. The van der Waals surface area contributed by atoms with E-state index < -0.39 is 0 Å². The molecule has 2 aromatic carbocycles. The van der Waals surface area contributed by atoms with Gasteiger partial charge in [0.05, 0.1) is 5.69 Å². The van der Waals surface area contributed by atoms with Gasteiger partial charge in [-0.2, -0.15) is 0 Å². The van der Waals surface area contributed by atoms with Crippen molar-refractivity contribution >= 4 is 28.3 Å². The third-order valence-electron chi connectivity index (χ3n) is 6.61. The van der Waals surface area contributed by atoms with Crippen molar-refractivity contribution in [2.45, 2.75) is 13.3 Å². The molecule has 1 aliphatic rings. The standard InChI is InChI=1S/C30H22ClFN4/c1-18(2)36-11-9-20-12-19(5-8-29(20)36)21-13-22(17-33-16-21)25-15-28(26-14-23(31)6-7-27(26)32)35-30-24(25)4-3-10-34-30/h3-8,10,12-17H,1,9,11H2,2H3. The number of allylic oxidation sites excluding steroid dienone is 1. The molecule has 0 bridgehead atoms. The van der Waals surface area contributed by atoms with Crippen molar-refractivity contribution in [3.8, 4) is 33.5 Å². The van der Waals surface area contributed by atoms with Crippen LogP contribution in [0, 0.1) is 5.82 Å². The van der Waals surface area contributed by atoms with Crippen molar-refractivity contribution in [2.24, 2.45) is 0 Å². The van der Waals surface area contributed by atoms with Gasteiger partial charge in [0.2, 0.25) is 0 Å². The van der Waals surface area contributed by atoms with Gasteiger partial charge >= 0.3 is 0 Å². The van der Waals surface area contributed by atoms with Crippen molar-refractivity contribution in [1.29, 1.82) is 0 Å². The molecule has 0 unspecified atom stereocenters. The van der Waals surface area contributed by atoms with Crippen molar-refractivity contribution in [3.63, 3.8) is 0 Å². The fraction of sp³-hybridized carbons (Fsp3) is 0.100. The number of halogens is 2. The van der Waals surface area contributed by atoms with Crippen LogP contribution in [0.3, 0.4) is 0 Å². The number of benzene rings is 2. The highest BCUT2D eigenvalue weighted by molar-refractivity contribution is 6.30. The predicted molar refractivity (Wildman–Crippen MR) is 144 cm³/mol. The molecule has 0 radical (unpaired) electrons. The molecule has 6 rings (SSSR count). The molecule has 3 aromatic heterocycles. The topological polar surface area (TPSA) is 41.9 Å². The predicted octanol–water partition coefficient (Wildman–Crippen LogP) is 7.71. The molecule has 0 saturated heterocycles. The van der Waals surface area contributed by atoms with Gasteiger partial charge in [-0.25, -0.2) is 14.4 Å². The van der Waals surface area contributed by atoms with Gasteiger partial charge < -0.3 is 4.90 Å². The van der Waals surface area contributed by atoms with E-state index in [1.54, 1.807) is 12.3 Å². The van der Waals surface area contributed by atoms with E-state index in [0.29, 0.717) is 21.9 Å². The summed E-state index contributed by atoms with van der Waals surface area (Å²) >= 11 is 6.17. The molecule has 1 aliphatic heterocycles. The van der Waals surface area contributed by atoms with E-state index in [0.717, 1.165) is 46.3 Å². The molecule has 5 aromatic rings. The highest BCUT2D eigenvalue weighted by atomic mass is 35.5. The average Bonchev–Trinajstić information content (AvgIpc) is 3.33. The van der Waals surface area contributed by atoms with Gasteiger partial charge in [-0.15, -0.1) is 0 Å². The SMILES string of the molecule is C=C(C)N1CCc2cc(-c3cncc(-c4cc(-c5cc(Cl)ccc5F)nc5ncccc45)c3)ccc21. The van der Waals surface area contributed by atoms with Crippen LogP contribution in [-0.4, -0.2) is 21.5 Å². The van der Waals surface area contributed by atoms with Gasteiger partial charge in [0.1, 0.15) is 5.82 Å². The molecule has 4 nitrogen and oxygen atoms in total. The number of aromatic nitrogens is 3. The zero-order chi connectivity index (χ0) is 24.8. The average molecular weight is 493 g/mol. The molecule has 0 atom stereocenters. The number of nitrogens with zero attached hydrogens (tertiary/aromatic N) is 4. The van der Waals surface area contributed by atoms with E-state index in [-0.39, 0.29) is 5.82 Å². The summed E-state index contributed by atoms with van der Waals surface area (Å²) < 4.78 is 14.7. The first-order chi connectivity index (χ1) is 17.5. The summed E-state index contributed by atoms with van der Waals surface area (Å²) in [5, 5.41) is 1.31. The number of rotatable bonds is 4. The Hall–Kier alpha value is -4.09. The first-order valence-corrected chi connectivity index (χ1v) is 12.1. The first-order valence-electron chi connectivity index (χ1n) is 11.7. The van der Waals surface area contributed by atoms with E-state index in [9.17, 15) is 4.39 Å². The summed E-state index contributed by atoms with van der Waals surface area (Å²) in [6.45, 7) is 7.09. The van der Waals surface area contributed by atoms with Crippen LogP contribution in [0.1, 0.15) is 12.5 Å². The van der Waals surface area contributed by atoms with Gasteiger partial charge in [-0.3, -0.25) is 4.98 Å². The minimum absolute atomic E-state index is 0.334. The molecule has 0 spiro atoms. The Labute approximate surface area is 213 Å². The summed E-state index contributed by atoms with van der Waals surface area (Å²) in [5.74, 6) is -0.387. The largest absolute Gasteiger partial charge is 0.345 e. The second kappa shape index (κ2) is 8.85. The minimum Gasteiger partial charge on any atom is -0.345 e. The van der Waals surface area contributed by atoms with E-state index in [1.165, 1.54) is 23.4 Å². The maximum atomic E-state index is 14.7. The van der Waals surface area contributed by atoms with Crippen LogP contribution < -0.4 is 4.90 Å². The lowest BCUT2D eigenvalue weighted by molar-refractivity contribution is 0.631. The number of anilines is 1. The highest BCUT2D eigenvalue weighted by Gasteiger charge is 2.20. The fourth-order valence-electron chi connectivity index (χ4n) is 4.85. The van der Waals surface area contributed by atoms with Gasteiger partial charge in [0.25, 0.3) is 0 Å². The summed E-state index contributed by atoms with van der Waals surface area (Å²) in [6, 6.07) is 18.8. The number of pyridine rings is 3. The van der Waals surface area contributed by atoms with Crippen LogP contribution in [-0.2, 0) is 6.42 Å². The van der Waals surface area contributed by atoms with E-state index in [4.69, 9.17) is 11.6 Å². The molecular formula is C30H22ClFN4. The summed E-state index contributed by atoms with van der Waals surface area (Å²) in [6.07, 6.45) is 6.36. The molecule has 176 valence electrons. The maximum Gasteiger partial charge on any atom is 0.160 e. The molecular weight excluding hydrogens is 471 g/mol. The second-order valence-electron chi connectivity index (χ2n) is 9.00. The van der Waals surface area contributed by atoms with Crippen molar-refractivity contribution in [3.05, 3.63) is 108 Å². The molecule has 0 saturated carbocycles. The van der Waals surface area contributed by atoms with E-state index in [2.05, 4.69) is 50.7 Å². The zero-order valence-electron chi connectivity index (χ0n) is 19.7. The molecule has 0 amide bonds. The Morgan fingerprint density at radius 3 is 2.69 bits per heavy atom. The zero-order valence-corrected chi connectivity index (χ0v) is 20.4. The van der Waals surface area contributed by atoms with Gasteiger partial charge in [-0.1, -0.05) is 24.2 Å². The van der Waals surface area contributed by atoms with Gasteiger partial charge in [-0.05, 0) is 84.6 Å². The highest BCUT2D eigenvalue weighted by Crippen LogP contribution is 2.37. The molecule has 0 fully saturated rings. The lowest BCUT2D eigenvalue weighted by Crippen LogP contribution is -2.16. The smallest absolute Gasteiger partial charge is 0.160 e. The lowest BCUT2D eigenvalue weighted by Gasteiger charge is -2.19. The minimum atomic E-state index is -0.387. The maximum absolute atomic E-state index is 14.7. The van der Waals surface area contributed by atoms with Crippen molar-refractivity contribution < 1.29 is 4.39 Å². The summed E-state index contributed by atoms with van der Waals surface area (Å²) in [4.78, 5) is 15.9. The quantitative estimate of drug-likeness (QED) is 0.257. The van der Waals surface area contributed by atoms with Crippen LogP contribution in [0.2, 0.25) is 5.02 Å². The van der Waals surface area contributed by atoms with Crippen molar-refractivity contribution in [1.82, 2.24) is 15.0 Å². The summed E-state index contributed by atoms with van der Waals surface area (Å²) in [7, 11) is 0. The van der Waals surface area contributed by atoms with Crippen LogP contribution in [0.25, 0.3) is 44.5 Å². The monoisotopic (exact) mass is 492 g/mol. The first kappa shape index (κ1) is 22.4. The third-order valence-corrected chi connectivity index (χ3v) is 6.84. The Balaban J connectivity index is 1.48. The number of fused-ring (bicyclic) bond motifs is 2. The Morgan fingerprint density at radius 1 is 0.972 bits per heavy atom. The normalized spacial score (nSPS) is 12.7. The Morgan fingerprint density at radius 2 is 1.83 bits per heavy atom. The molecule has 0 N–H and O–H groups in total. The van der Waals surface area contributed by atoms with E-state index in [1.807, 2.05) is 37.5 Å². The van der Waals surface area contributed by atoms with Gasteiger partial charge in [0, 0.05) is 63.6 Å². The molecule has 4 heterocycles.